The van der Waals surface area contributed by atoms with E-state index in [1.165, 1.54) is 28.2 Å². The summed E-state index contributed by atoms with van der Waals surface area (Å²) < 4.78 is 12.9. The first-order valence-electron chi connectivity index (χ1n) is 12.7. The molecule has 2 aromatic carbocycles. The molecule has 37 heavy (non-hydrogen) atoms. The number of aliphatic carboxylic acids is 1. The number of methoxy groups -OCH3 is 2. The smallest absolute Gasteiger partial charge is 0.303 e. The number of nitrogens with zero attached hydrogens (tertiary/aromatic N) is 2. The highest BCUT2D eigenvalue weighted by Crippen LogP contribution is 2.42. The van der Waals surface area contributed by atoms with Crippen molar-refractivity contribution in [2.24, 2.45) is 4.99 Å². The maximum atomic E-state index is 10.6. The quantitative estimate of drug-likeness (QED) is 0.385. The van der Waals surface area contributed by atoms with Gasteiger partial charge in [0.2, 0.25) is 5.69 Å². The van der Waals surface area contributed by atoms with Gasteiger partial charge in [0.15, 0.2) is 5.71 Å². The summed E-state index contributed by atoms with van der Waals surface area (Å²) >= 11 is 0. The Bertz CT molecular complexity index is 1200. The molecule has 7 heteroatoms. The molecule has 4 rings (SSSR count). The summed E-state index contributed by atoms with van der Waals surface area (Å²) in [6, 6.07) is 12.3. The van der Waals surface area contributed by atoms with Gasteiger partial charge < -0.3 is 31.6 Å². The molecular formula is C30H41BrN2O4. The Morgan fingerprint density at radius 3 is 2.08 bits per heavy atom. The molecule has 0 bridgehead atoms. The number of hydrogen-bond donors (Lipinski definition) is 1. The van der Waals surface area contributed by atoms with Gasteiger partial charge in [-0.2, -0.15) is 4.58 Å². The predicted octanol–water partition coefficient (Wildman–Crippen LogP) is 3.82. The molecule has 0 fully saturated rings. The van der Waals surface area contributed by atoms with Crippen LogP contribution in [0.1, 0.15) is 78.4 Å². The Morgan fingerprint density at radius 1 is 0.892 bits per heavy atom. The topological polar surface area (TPSA) is 71.1 Å². The molecule has 0 amide bonds. The van der Waals surface area contributed by atoms with E-state index in [1.54, 1.807) is 14.2 Å². The van der Waals surface area contributed by atoms with Crippen molar-refractivity contribution in [3.05, 3.63) is 47.5 Å². The van der Waals surface area contributed by atoms with Crippen molar-refractivity contribution in [2.45, 2.75) is 78.1 Å². The number of halogens is 1. The van der Waals surface area contributed by atoms with Crippen molar-refractivity contribution < 1.29 is 40.9 Å². The number of benzene rings is 2. The van der Waals surface area contributed by atoms with Crippen molar-refractivity contribution in [3.8, 4) is 11.5 Å². The van der Waals surface area contributed by atoms with Gasteiger partial charge in [-0.3, -0.25) is 9.79 Å². The van der Waals surface area contributed by atoms with Crippen molar-refractivity contribution in [3.63, 3.8) is 0 Å². The van der Waals surface area contributed by atoms with E-state index >= 15 is 0 Å². The molecule has 1 N–H and O–H groups in total. The van der Waals surface area contributed by atoms with Gasteiger partial charge in [0.25, 0.3) is 0 Å². The van der Waals surface area contributed by atoms with E-state index in [0.717, 1.165) is 43.0 Å². The van der Waals surface area contributed by atoms with Gasteiger partial charge in [-0.25, -0.2) is 0 Å². The van der Waals surface area contributed by atoms with Gasteiger partial charge in [0.1, 0.15) is 18.0 Å². The summed E-state index contributed by atoms with van der Waals surface area (Å²) in [6.07, 6.45) is 2.97. The molecule has 2 heterocycles. The minimum atomic E-state index is -0.706. The molecule has 202 valence electrons. The second kappa shape index (κ2) is 12.2. The second-order valence-corrected chi connectivity index (χ2v) is 10.7. The molecule has 0 aliphatic carbocycles. The zero-order valence-electron chi connectivity index (χ0n) is 23.4. The molecule has 6 nitrogen and oxygen atoms in total. The van der Waals surface area contributed by atoms with Crippen LogP contribution in [-0.2, 0) is 15.6 Å². The summed E-state index contributed by atoms with van der Waals surface area (Å²) in [5.41, 5.74) is 7.45. The highest BCUT2D eigenvalue weighted by molar-refractivity contribution is 5.99. The summed E-state index contributed by atoms with van der Waals surface area (Å²) in [7, 11) is 3.39. The van der Waals surface area contributed by atoms with E-state index < -0.39 is 5.97 Å². The fraction of sp³-hybridized carbons (Fsp3) is 0.500. The number of fused-ring (bicyclic) bond motifs is 2. The highest BCUT2D eigenvalue weighted by atomic mass is 79.9. The van der Waals surface area contributed by atoms with Crippen LogP contribution < -0.4 is 26.5 Å². The average molecular weight is 574 g/mol. The fourth-order valence-electron chi connectivity index (χ4n) is 4.86. The standard InChI is InChI=1S/C18H25NO3.C12H15NO.BrH/c1-13-18(2,3)15-12-14(22-4)9-10-16(15)19(13)11-7-5-6-8-17(20)21;1-8-12(2,3)10-7-9(14-4)5-6-11(10)13-8;/h9-10,12H,5-8,11H2,1-4H3;5-7H,1-4H3;1H. The lowest BCUT2D eigenvalue weighted by molar-refractivity contribution is -0.439. The second-order valence-electron chi connectivity index (χ2n) is 10.7. The Labute approximate surface area is 232 Å². The molecule has 2 aliphatic rings. The number of aliphatic imine (C=N–C) groups is 1. The number of carboxylic acids is 1. The maximum Gasteiger partial charge on any atom is 0.303 e. The first-order valence-corrected chi connectivity index (χ1v) is 12.7. The van der Waals surface area contributed by atoms with E-state index in [2.05, 4.69) is 69.3 Å². The summed E-state index contributed by atoms with van der Waals surface area (Å²) in [6.45, 7) is 14.1. The summed E-state index contributed by atoms with van der Waals surface area (Å²) in [5.74, 6) is 1.09. The van der Waals surface area contributed by atoms with E-state index in [-0.39, 0.29) is 34.2 Å². The van der Waals surface area contributed by atoms with Crippen molar-refractivity contribution >= 4 is 28.8 Å². The average Bonchev–Trinajstić information content (AvgIpc) is 3.18. The normalized spacial score (nSPS) is 16.1. The first kappa shape index (κ1) is 30.6. The van der Waals surface area contributed by atoms with Crippen LogP contribution in [-0.4, -0.2) is 47.8 Å². The molecule has 0 spiro atoms. The molecule has 2 aromatic rings. The van der Waals surface area contributed by atoms with E-state index in [9.17, 15) is 4.79 Å². The van der Waals surface area contributed by atoms with Crippen molar-refractivity contribution in [1.82, 2.24) is 0 Å². The lowest BCUT2D eigenvalue weighted by Gasteiger charge is -2.20. The van der Waals surface area contributed by atoms with Crippen LogP contribution in [0.15, 0.2) is 41.4 Å². The molecule has 0 unspecified atom stereocenters. The van der Waals surface area contributed by atoms with Crippen LogP contribution >= 0.6 is 0 Å². The SMILES string of the molecule is COc1ccc2c(c1)C(C)(C)C(C)=N2.COc1ccc2c(c1)C(C)(C)C(C)=[N+]2CCCCCC(=O)O.[Br-]. The minimum Gasteiger partial charge on any atom is -1.00 e. The fourth-order valence-corrected chi connectivity index (χ4v) is 4.86. The monoisotopic (exact) mass is 572 g/mol. The predicted molar refractivity (Wildman–Crippen MR) is 146 cm³/mol. The first-order chi connectivity index (χ1) is 16.9. The third-order valence-corrected chi connectivity index (χ3v) is 7.82. The van der Waals surface area contributed by atoms with Crippen LogP contribution in [0.25, 0.3) is 0 Å². The molecular weight excluding hydrogens is 532 g/mol. The molecule has 2 aliphatic heterocycles. The number of rotatable bonds is 8. The van der Waals surface area contributed by atoms with Crippen molar-refractivity contribution in [2.75, 3.05) is 20.8 Å². The van der Waals surface area contributed by atoms with Gasteiger partial charge in [-0.15, -0.1) is 0 Å². The van der Waals surface area contributed by atoms with E-state index in [1.807, 2.05) is 18.2 Å². The largest absolute Gasteiger partial charge is 1.00 e. The van der Waals surface area contributed by atoms with Crippen LogP contribution in [0.4, 0.5) is 11.4 Å². The Hall–Kier alpha value is -2.67. The zero-order chi connectivity index (χ0) is 26.7. The third kappa shape index (κ3) is 6.43. The summed E-state index contributed by atoms with van der Waals surface area (Å²) in [4.78, 5) is 15.1. The number of carboxylic acid groups (broad SMARTS) is 1. The van der Waals surface area contributed by atoms with Crippen LogP contribution in [0.3, 0.4) is 0 Å². The molecule has 0 radical (unpaired) electrons. The van der Waals surface area contributed by atoms with Crippen molar-refractivity contribution in [1.29, 1.82) is 0 Å². The van der Waals surface area contributed by atoms with Gasteiger partial charge in [-0.05, 0) is 69.5 Å². The Morgan fingerprint density at radius 2 is 1.49 bits per heavy atom. The van der Waals surface area contributed by atoms with Gasteiger partial charge in [0.05, 0.1) is 25.3 Å². The highest BCUT2D eigenvalue weighted by Gasteiger charge is 2.43. The number of ether oxygens (including phenoxy) is 2. The van der Waals surface area contributed by atoms with Gasteiger partial charge in [-0.1, -0.05) is 13.8 Å². The Kier molecular flexibility index (Phi) is 10.1. The number of unbranched alkanes of at least 4 members (excludes halogenated alkanes) is 2. The van der Waals surface area contributed by atoms with E-state index in [4.69, 9.17) is 14.6 Å². The Balaban J connectivity index is 0.000000277. The molecule has 0 saturated heterocycles. The maximum absolute atomic E-state index is 10.6. The molecule has 0 aromatic heterocycles. The number of hydrogen-bond acceptors (Lipinski definition) is 4. The third-order valence-electron chi connectivity index (χ3n) is 7.82. The lowest BCUT2D eigenvalue weighted by atomic mass is 9.82. The summed E-state index contributed by atoms with van der Waals surface area (Å²) in [5, 5.41) is 8.69. The lowest BCUT2D eigenvalue weighted by Crippen LogP contribution is -3.00. The molecule has 0 atom stereocenters. The zero-order valence-corrected chi connectivity index (χ0v) is 25.0. The van der Waals surface area contributed by atoms with Crippen LogP contribution in [0.5, 0.6) is 11.5 Å². The minimum absolute atomic E-state index is 0. The molecule has 0 saturated carbocycles. The van der Waals surface area contributed by atoms with E-state index in [0.29, 0.717) is 0 Å². The van der Waals surface area contributed by atoms with Crippen LogP contribution in [0, 0.1) is 0 Å². The van der Waals surface area contributed by atoms with Crippen LogP contribution in [0.2, 0.25) is 0 Å². The van der Waals surface area contributed by atoms with Gasteiger partial charge in [0, 0.05) is 42.5 Å². The number of carbonyl (C=O) groups is 1. The van der Waals surface area contributed by atoms with Gasteiger partial charge >= 0.3 is 5.97 Å².